The van der Waals surface area contributed by atoms with E-state index in [9.17, 15) is 0 Å². The summed E-state index contributed by atoms with van der Waals surface area (Å²) in [5.74, 6) is 0. The van der Waals surface area contributed by atoms with Crippen molar-refractivity contribution in [2.75, 3.05) is 0 Å². The second-order valence-electron chi connectivity index (χ2n) is 4.84. The van der Waals surface area contributed by atoms with Gasteiger partial charge in [-0.1, -0.05) is 6.07 Å². The first-order valence-electron chi connectivity index (χ1n) is 6.08. The summed E-state index contributed by atoms with van der Waals surface area (Å²) < 4.78 is 2.18. The summed E-state index contributed by atoms with van der Waals surface area (Å²) in [6.07, 6.45) is 3.90. The molecule has 2 aromatic heterocycles. The molecule has 0 N–H and O–H groups in total. The molecule has 0 spiro atoms. The summed E-state index contributed by atoms with van der Waals surface area (Å²) >= 11 is 1.70. The number of hydrogen-bond donors (Lipinski definition) is 0. The Morgan fingerprint density at radius 2 is 1.72 bits per heavy atom. The van der Waals surface area contributed by atoms with Crippen molar-refractivity contribution in [2.45, 2.75) is 27.7 Å². The zero-order valence-electron chi connectivity index (χ0n) is 11.1. The lowest BCUT2D eigenvalue weighted by atomic mass is 9.93. The van der Waals surface area contributed by atoms with Gasteiger partial charge in [0.1, 0.15) is 0 Å². The van der Waals surface area contributed by atoms with E-state index in [-0.39, 0.29) is 0 Å². The number of aromatic nitrogens is 2. The topological polar surface area (TPSA) is 17.3 Å². The maximum absolute atomic E-state index is 4.35. The van der Waals surface area contributed by atoms with E-state index in [1.54, 1.807) is 11.3 Å². The predicted molar refractivity (Wildman–Crippen MR) is 77.5 cm³/mol. The van der Waals surface area contributed by atoms with Crippen LogP contribution in [0.1, 0.15) is 22.3 Å². The molecule has 0 fully saturated rings. The summed E-state index contributed by atoms with van der Waals surface area (Å²) in [6, 6.07) is 2.27. The molecule has 0 saturated heterocycles. The molecule has 18 heavy (non-hydrogen) atoms. The molecule has 0 aliphatic heterocycles. The summed E-state index contributed by atoms with van der Waals surface area (Å²) in [6.45, 7) is 8.78. The number of hydrogen-bond acceptors (Lipinski definition) is 2. The molecule has 1 aromatic carbocycles. The van der Waals surface area contributed by atoms with Gasteiger partial charge >= 0.3 is 0 Å². The van der Waals surface area contributed by atoms with Gasteiger partial charge in [-0.3, -0.25) is 4.40 Å². The Balaban J connectivity index is 2.39. The van der Waals surface area contributed by atoms with Crippen molar-refractivity contribution < 1.29 is 0 Å². The van der Waals surface area contributed by atoms with Gasteiger partial charge in [-0.25, -0.2) is 4.98 Å². The molecule has 92 valence electrons. The molecular weight excluding hydrogens is 240 g/mol. The van der Waals surface area contributed by atoms with Crippen molar-refractivity contribution in [3.63, 3.8) is 0 Å². The molecule has 0 radical (unpaired) electrons. The Hall–Kier alpha value is -1.61. The molecule has 0 atom stereocenters. The van der Waals surface area contributed by atoms with Crippen LogP contribution < -0.4 is 0 Å². The third-order valence-electron chi connectivity index (χ3n) is 3.76. The minimum absolute atomic E-state index is 1.06. The van der Waals surface area contributed by atoms with Gasteiger partial charge in [0.2, 0.25) is 0 Å². The van der Waals surface area contributed by atoms with Crippen LogP contribution >= 0.6 is 11.3 Å². The minimum Gasteiger partial charge on any atom is -0.290 e. The molecule has 0 amide bonds. The predicted octanol–water partition coefficient (Wildman–Crippen LogP) is 4.30. The van der Waals surface area contributed by atoms with E-state index >= 15 is 0 Å². The average molecular weight is 256 g/mol. The highest BCUT2D eigenvalue weighted by atomic mass is 32.1. The van der Waals surface area contributed by atoms with E-state index in [1.165, 1.54) is 33.5 Å². The summed E-state index contributed by atoms with van der Waals surface area (Å²) in [4.78, 5) is 5.41. The van der Waals surface area contributed by atoms with E-state index in [4.69, 9.17) is 0 Å². The van der Waals surface area contributed by atoms with Crippen molar-refractivity contribution in [1.82, 2.24) is 9.38 Å². The summed E-state index contributed by atoms with van der Waals surface area (Å²) in [5.41, 5.74) is 8.06. The van der Waals surface area contributed by atoms with Gasteiger partial charge in [-0.2, -0.15) is 0 Å². The summed E-state index contributed by atoms with van der Waals surface area (Å²) in [5, 5.41) is 2.20. The number of nitrogens with zero attached hydrogens (tertiary/aromatic N) is 2. The highest BCUT2D eigenvalue weighted by Gasteiger charge is 2.14. The Kier molecular flexibility index (Phi) is 2.52. The molecule has 0 bridgehead atoms. The third-order valence-corrected chi connectivity index (χ3v) is 4.62. The van der Waals surface area contributed by atoms with Crippen molar-refractivity contribution in [2.24, 2.45) is 0 Å². The maximum Gasteiger partial charge on any atom is 0.194 e. The van der Waals surface area contributed by atoms with E-state index in [1.807, 2.05) is 12.4 Å². The number of aryl methyl sites for hydroxylation is 2. The van der Waals surface area contributed by atoms with Gasteiger partial charge in [0.05, 0.1) is 5.69 Å². The second kappa shape index (κ2) is 3.95. The molecule has 3 rings (SSSR count). The van der Waals surface area contributed by atoms with Crippen LogP contribution in [0.3, 0.4) is 0 Å². The Morgan fingerprint density at radius 3 is 2.39 bits per heavy atom. The van der Waals surface area contributed by atoms with Crippen molar-refractivity contribution in [3.8, 4) is 11.3 Å². The number of imidazole rings is 1. The smallest absolute Gasteiger partial charge is 0.194 e. The first kappa shape index (κ1) is 11.5. The highest BCUT2D eigenvalue weighted by Crippen LogP contribution is 2.33. The van der Waals surface area contributed by atoms with Crippen LogP contribution in [-0.2, 0) is 0 Å². The largest absolute Gasteiger partial charge is 0.290 e. The molecule has 3 aromatic rings. The molecule has 3 heteroatoms. The van der Waals surface area contributed by atoms with Crippen LogP contribution in [0.2, 0.25) is 0 Å². The normalized spacial score (nSPS) is 11.3. The van der Waals surface area contributed by atoms with Gasteiger partial charge in [-0.15, -0.1) is 11.3 Å². The van der Waals surface area contributed by atoms with E-state index < -0.39 is 0 Å². The first-order chi connectivity index (χ1) is 8.59. The SMILES string of the molecule is Cc1cc(C)c(C)c(-c2csc3nccn23)c1C. The maximum atomic E-state index is 4.35. The Labute approximate surface area is 111 Å². The van der Waals surface area contributed by atoms with Crippen molar-refractivity contribution in [3.05, 3.63) is 46.1 Å². The van der Waals surface area contributed by atoms with Gasteiger partial charge < -0.3 is 0 Å². The Bertz CT molecular complexity index is 708. The zero-order valence-corrected chi connectivity index (χ0v) is 11.9. The lowest BCUT2D eigenvalue weighted by molar-refractivity contribution is 1.18. The fourth-order valence-electron chi connectivity index (χ4n) is 2.51. The standard InChI is InChI=1S/C15H16N2S/c1-9-7-10(2)12(4)14(11(9)3)13-8-18-15-16-5-6-17(13)15/h5-8H,1-4H3. The second-order valence-corrected chi connectivity index (χ2v) is 5.67. The van der Waals surface area contributed by atoms with Crippen molar-refractivity contribution in [1.29, 1.82) is 0 Å². The van der Waals surface area contributed by atoms with Crippen LogP contribution in [0.15, 0.2) is 23.8 Å². The molecule has 2 nitrogen and oxygen atoms in total. The van der Waals surface area contributed by atoms with Gasteiger partial charge in [0, 0.05) is 23.3 Å². The Morgan fingerprint density at radius 1 is 1.06 bits per heavy atom. The quantitative estimate of drug-likeness (QED) is 0.634. The third kappa shape index (κ3) is 1.51. The van der Waals surface area contributed by atoms with E-state index in [2.05, 4.69) is 48.5 Å². The lowest BCUT2D eigenvalue weighted by Crippen LogP contribution is -1.96. The molecule has 2 heterocycles. The minimum atomic E-state index is 1.06. The average Bonchev–Trinajstić information content (AvgIpc) is 2.91. The fraction of sp³-hybridized carbons (Fsp3) is 0.267. The zero-order chi connectivity index (χ0) is 12.9. The molecule has 0 aliphatic carbocycles. The lowest BCUT2D eigenvalue weighted by Gasteiger charge is -2.14. The fourth-order valence-corrected chi connectivity index (χ4v) is 3.35. The molecular formula is C15H16N2S. The summed E-state index contributed by atoms with van der Waals surface area (Å²) in [7, 11) is 0. The monoisotopic (exact) mass is 256 g/mol. The molecule has 0 unspecified atom stereocenters. The number of benzene rings is 1. The van der Waals surface area contributed by atoms with Crippen LogP contribution in [0.25, 0.3) is 16.2 Å². The molecule has 0 saturated carbocycles. The van der Waals surface area contributed by atoms with Gasteiger partial charge in [-0.05, 0) is 49.9 Å². The highest BCUT2D eigenvalue weighted by molar-refractivity contribution is 7.15. The van der Waals surface area contributed by atoms with Gasteiger partial charge in [0.15, 0.2) is 4.96 Å². The number of rotatable bonds is 1. The van der Waals surface area contributed by atoms with Crippen LogP contribution in [0.5, 0.6) is 0 Å². The van der Waals surface area contributed by atoms with Crippen LogP contribution in [0.4, 0.5) is 0 Å². The number of fused-ring (bicyclic) bond motifs is 1. The van der Waals surface area contributed by atoms with E-state index in [0.717, 1.165) is 4.96 Å². The van der Waals surface area contributed by atoms with Crippen molar-refractivity contribution >= 4 is 16.3 Å². The molecule has 0 aliphatic rings. The van der Waals surface area contributed by atoms with Crippen LogP contribution in [0, 0.1) is 27.7 Å². The number of thiazole rings is 1. The first-order valence-corrected chi connectivity index (χ1v) is 6.96. The van der Waals surface area contributed by atoms with E-state index in [0.29, 0.717) is 0 Å². The van der Waals surface area contributed by atoms with Gasteiger partial charge in [0.25, 0.3) is 0 Å². The van der Waals surface area contributed by atoms with Crippen LogP contribution in [-0.4, -0.2) is 9.38 Å².